The van der Waals surface area contributed by atoms with Gasteiger partial charge in [-0.1, -0.05) is 36.4 Å². The first kappa shape index (κ1) is 16.9. The van der Waals surface area contributed by atoms with Crippen molar-refractivity contribution in [3.05, 3.63) is 78.5 Å². The number of rotatable bonds is 7. The van der Waals surface area contributed by atoms with Gasteiger partial charge in [0.05, 0.1) is 6.42 Å². The summed E-state index contributed by atoms with van der Waals surface area (Å²) in [6.07, 6.45) is 1.43. The molecule has 0 amide bonds. The number of para-hydroxylation sites is 1. The van der Waals surface area contributed by atoms with E-state index in [0.29, 0.717) is 22.9 Å². The molecule has 0 aliphatic carbocycles. The van der Waals surface area contributed by atoms with Gasteiger partial charge in [0.15, 0.2) is 11.6 Å². The van der Waals surface area contributed by atoms with E-state index in [1.807, 2.05) is 60.7 Å². The van der Waals surface area contributed by atoms with E-state index >= 15 is 0 Å². The Balaban J connectivity index is 1.83. The lowest BCUT2D eigenvalue weighted by Crippen LogP contribution is -2.03. The number of ether oxygens (including phenoxy) is 1. The number of hydrogen-bond acceptors (Lipinski definition) is 5. The average molecular weight is 352 g/mol. The quantitative estimate of drug-likeness (QED) is 0.605. The fraction of sp³-hybridized carbons (Fsp3) is 0.0526. The summed E-state index contributed by atoms with van der Waals surface area (Å²) in [6.45, 7) is 0. The first-order valence-corrected chi connectivity index (χ1v) is 8.44. The van der Waals surface area contributed by atoms with Crippen molar-refractivity contribution in [2.45, 2.75) is 11.3 Å². The molecule has 3 aromatic rings. The van der Waals surface area contributed by atoms with Crippen molar-refractivity contribution < 1.29 is 14.6 Å². The second-order valence-corrected chi connectivity index (χ2v) is 6.07. The van der Waals surface area contributed by atoms with Gasteiger partial charge in [0.2, 0.25) is 0 Å². The van der Waals surface area contributed by atoms with Crippen LogP contribution in [0.2, 0.25) is 0 Å². The van der Waals surface area contributed by atoms with Crippen LogP contribution in [0.25, 0.3) is 0 Å². The Hall–Kier alpha value is -2.99. The molecule has 0 radical (unpaired) electrons. The van der Waals surface area contributed by atoms with Gasteiger partial charge >= 0.3 is 5.97 Å². The van der Waals surface area contributed by atoms with Crippen LogP contribution in [0, 0.1) is 0 Å². The van der Waals surface area contributed by atoms with Gasteiger partial charge in [-0.05, 0) is 47.8 Å². The van der Waals surface area contributed by atoms with Crippen molar-refractivity contribution in [2.75, 3.05) is 4.72 Å². The number of hydrogen-bond donors (Lipinski definition) is 2. The molecule has 0 bridgehead atoms. The van der Waals surface area contributed by atoms with Gasteiger partial charge in [-0.3, -0.25) is 4.79 Å². The summed E-state index contributed by atoms with van der Waals surface area (Å²) in [6, 6.07) is 20.8. The second kappa shape index (κ2) is 8.21. The molecule has 5 nitrogen and oxygen atoms in total. The van der Waals surface area contributed by atoms with Gasteiger partial charge in [0.1, 0.15) is 5.75 Å². The van der Waals surface area contributed by atoms with Crippen LogP contribution in [0.1, 0.15) is 5.56 Å². The van der Waals surface area contributed by atoms with Crippen LogP contribution >= 0.6 is 11.9 Å². The van der Waals surface area contributed by atoms with Crippen LogP contribution in [-0.4, -0.2) is 16.1 Å². The molecule has 25 heavy (non-hydrogen) atoms. The van der Waals surface area contributed by atoms with Gasteiger partial charge in [0.25, 0.3) is 0 Å². The Morgan fingerprint density at radius 2 is 1.76 bits per heavy atom. The molecule has 0 saturated carbocycles. The maximum atomic E-state index is 10.9. The van der Waals surface area contributed by atoms with E-state index in [4.69, 9.17) is 9.84 Å². The molecule has 2 aromatic carbocycles. The molecule has 0 aliphatic rings. The Bertz CT molecular complexity index is 842. The fourth-order valence-electron chi connectivity index (χ4n) is 2.12. The SMILES string of the molecule is O=C(O)Cc1cnc(NSc2ccccc2)c(Oc2ccccc2)c1. The van der Waals surface area contributed by atoms with Crippen LogP contribution < -0.4 is 9.46 Å². The molecule has 6 heteroatoms. The van der Waals surface area contributed by atoms with E-state index in [1.54, 1.807) is 12.3 Å². The summed E-state index contributed by atoms with van der Waals surface area (Å²) in [7, 11) is 0. The Morgan fingerprint density at radius 1 is 1.08 bits per heavy atom. The molecule has 0 spiro atoms. The molecule has 1 aromatic heterocycles. The minimum atomic E-state index is -0.910. The lowest BCUT2D eigenvalue weighted by atomic mass is 10.2. The van der Waals surface area contributed by atoms with Gasteiger partial charge in [-0.25, -0.2) is 4.98 Å². The van der Waals surface area contributed by atoms with Gasteiger partial charge in [-0.15, -0.1) is 0 Å². The zero-order chi connectivity index (χ0) is 17.5. The number of nitrogens with one attached hydrogen (secondary N) is 1. The van der Waals surface area contributed by atoms with Crippen molar-refractivity contribution in [1.29, 1.82) is 0 Å². The van der Waals surface area contributed by atoms with E-state index in [-0.39, 0.29) is 6.42 Å². The number of carboxylic acid groups (broad SMARTS) is 1. The molecular weight excluding hydrogens is 336 g/mol. The molecule has 0 aliphatic heterocycles. The summed E-state index contributed by atoms with van der Waals surface area (Å²) in [4.78, 5) is 16.3. The van der Waals surface area contributed by atoms with Crippen LogP contribution in [0.5, 0.6) is 11.5 Å². The Kier molecular flexibility index (Phi) is 5.53. The zero-order valence-corrected chi connectivity index (χ0v) is 14.1. The van der Waals surface area contributed by atoms with E-state index in [9.17, 15) is 4.79 Å². The number of aromatic nitrogens is 1. The first-order valence-electron chi connectivity index (χ1n) is 7.62. The van der Waals surface area contributed by atoms with Crippen molar-refractivity contribution in [1.82, 2.24) is 4.98 Å². The fourth-order valence-corrected chi connectivity index (χ4v) is 2.78. The predicted molar refractivity (Wildman–Crippen MR) is 98.0 cm³/mol. The summed E-state index contributed by atoms with van der Waals surface area (Å²) in [5.41, 5.74) is 0.577. The van der Waals surface area contributed by atoms with Crippen LogP contribution in [0.15, 0.2) is 77.8 Å². The van der Waals surface area contributed by atoms with Crippen LogP contribution in [-0.2, 0) is 11.2 Å². The largest absolute Gasteiger partial charge is 0.481 e. The van der Waals surface area contributed by atoms with Gasteiger partial charge in [-0.2, -0.15) is 0 Å². The van der Waals surface area contributed by atoms with E-state index in [1.165, 1.54) is 11.9 Å². The molecule has 0 fully saturated rings. The van der Waals surface area contributed by atoms with E-state index < -0.39 is 5.97 Å². The summed E-state index contributed by atoms with van der Waals surface area (Å²) < 4.78 is 9.05. The minimum absolute atomic E-state index is 0.107. The third-order valence-electron chi connectivity index (χ3n) is 3.24. The van der Waals surface area contributed by atoms with E-state index in [2.05, 4.69) is 9.71 Å². The normalized spacial score (nSPS) is 10.2. The number of carbonyl (C=O) groups is 1. The number of aliphatic carboxylic acids is 1. The summed E-state index contributed by atoms with van der Waals surface area (Å²) in [5, 5.41) is 8.98. The lowest BCUT2D eigenvalue weighted by molar-refractivity contribution is -0.136. The first-order chi connectivity index (χ1) is 12.2. The van der Waals surface area contributed by atoms with Gasteiger partial charge < -0.3 is 14.6 Å². The molecule has 2 N–H and O–H groups in total. The average Bonchev–Trinajstić information content (AvgIpc) is 2.62. The number of pyridine rings is 1. The smallest absolute Gasteiger partial charge is 0.307 e. The number of nitrogens with zero attached hydrogens (tertiary/aromatic N) is 1. The highest BCUT2D eigenvalue weighted by molar-refractivity contribution is 8.00. The highest BCUT2D eigenvalue weighted by atomic mass is 32.2. The van der Waals surface area contributed by atoms with Crippen molar-refractivity contribution in [3.63, 3.8) is 0 Å². The molecule has 0 saturated heterocycles. The van der Waals surface area contributed by atoms with E-state index in [0.717, 1.165) is 4.90 Å². The van der Waals surface area contributed by atoms with Crippen molar-refractivity contribution in [2.24, 2.45) is 0 Å². The Morgan fingerprint density at radius 3 is 2.44 bits per heavy atom. The molecule has 1 heterocycles. The maximum absolute atomic E-state index is 10.9. The lowest BCUT2D eigenvalue weighted by Gasteiger charge is -2.13. The van der Waals surface area contributed by atoms with Crippen molar-refractivity contribution in [3.8, 4) is 11.5 Å². The predicted octanol–water partition coefficient (Wildman–Crippen LogP) is 4.62. The maximum Gasteiger partial charge on any atom is 0.307 e. The molecule has 0 atom stereocenters. The van der Waals surface area contributed by atoms with Crippen LogP contribution in [0.4, 0.5) is 5.82 Å². The Labute approximate surface area is 149 Å². The molecule has 3 rings (SSSR count). The third-order valence-corrected chi connectivity index (χ3v) is 4.05. The highest BCUT2D eigenvalue weighted by Gasteiger charge is 2.11. The van der Waals surface area contributed by atoms with Crippen molar-refractivity contribution >= 4 is 23.7 Å². The number of benzene rings is 2. The molecular formula is C19H16N2O3S. The topological polar surface area (TPSA) is 71.5 Å². The summed E-state index contributed by atoms with van der Waals surface area (Å²) in [5.74, 6) is 0.761. The standard InChI is InChI=1S/C19H16N2O3S/c22-18(23)12-14-11-17(24-15-7-3-1-4-8-15)19(20-13-14)21-25-16-9-5-2-6-10-16/h1-11,13H,12H2,(H,20,21)(H,22,23). The molecule has 126 valence electrons. The minimum Gasteiger partial charge on any atom is -0.481 e. The zero-order valence-electron chi connectivity index (χ0n) is 13.3. The summed E-state index contributed by atoms with van der Waals surface area (Å²) >= 11 is 1.41. The number of carboxylic acids is 1. The second-order valence-electron chi connectivity index (χ2n) is 5.19. The third kappa shape index (κ3) is 4.99. The van der Waals surface area contributed by atoms with Gasteiger partial charge in [0, 0.05) is 11.1 Å². The monoisotopic (exact) mass is 352 g/mol. The molecule has 0 unspecified atom stereocenters. The number of anilines is 1. The van der Waals surface area contributed by atoms with Crippen LogP contribution in [0.3, 0.4) is 0 Å². The highest BCUT2D eigenvalue weighted by Crippen LogP contribution is 2.32.